The highest BCUT2D eigenvalue weighted by molar-refractivity contribution is 7.80. The first-order valence-corrected chi connectivity index (χ1v) is 7.18. The number of hydrogen-bond acceptors (Lipinski definition) is 6. The van der Waals surface area contributed by atoms with Crippen LogP contribution >= 0.6 is 12.2 Å². The monoisotopic (exact) mass is 324 g/mol. The van der Waals surface area contributed by atoms with Gasteiger partial charge in [0.1, 0.15) is 0 Å². The van der Waals surface area contributed by atoms with Crippen molar-refractivity contribution in [2.24, 2.45) is 10.9 Å². The number of methoxy groups -OCH3 is 1. The number of fused-ring (bicyclic) bond motifs is 1. The van der Waals surface area contributed by atoms with Crippen molar-refractivity contribution in [3.05, 3.63) is 17.2 Å². The molecule has 1 aliphatic rings. The summed E-state index contributed by atoms with van der Waals surface area (Å²) in [4.78, 5) is 1.95. The predicted molar refractivity (Wildman–Crippen MR) is 88.9 cm³/mol. The second-order valence-electron chi connectivity index (χ2n) is 4.72. The van der Waals surface area contributed by atoms with Gasteiger partial charge < -0.3 is 30.3 Å². The van der Waals surface area contributed by atoms with Crippen molar-refractivity contribution in [2.75, 3.05) is 34.5 Å². The minimum Gasteiger partial charge on any atom is -0.492 e. The van der Waals surface area contributed by atoms with E-state index in [4.69, 9.17) is 32.3 Å². The Morgan fingerprint density at radius 3 is 3.00 bits per heavy atom. The van der Waals surface area contributed by atoms with Gasteiger partial charge >= 0.3 is 0 Å². The van der Waals surface area contributed by atoms with Crippen LogP contribution in [-0.2, 0) is 6.42 Å². The van der Waals surface area contributed by atoms with Crippen LogP contribution in [0, 0.1) is 0 Å². The van der Waals surface area contributed by atoms with Gasteiger partial charge in [0.25, 0.3) is 0 Å². The highest BCUT2D eigenvalue weighted by Gasteiger charge is 2.24. The van der Waals surface area contributed by atoms with Crippen LogP contribution in [0.25, 0.3) is 0 Å². The number of benzene rings is 1. The number of nitrogens with zero attached hydrogens (tertiary/aromatic N) is 2. The first-order valence-electron chi connectivity index (χ1n) is 6.78. The fourth-order valence-corrected chi connectivity index (χ4v) is 2.37. The summed E-state index contributed by atoms with van der Waals surface area (Å²) in [6.07, 6.45) is 2.29. The summed E-state index contributed by atoms with van der Waals surface area (Å²) in [5.41, 5.74) is 1.79. The fraction of sp³-hybridized carbons (Fsp3) is 0.429. The summed E-state index contributed by atoms with van der Waals surface area (Å²) in [6, 6.07) is 1.93. The van der Waals surface area contributed by atoms with E-state index in [1.54, 1.807) is 20.4 Å². The molecule has 0 spiro atoms. The second-order valence-corrected chi connectivity index (χ2v) is 5.11. The smallest absolute Gasteiger partial charge is 0.231 e. The fourth-order valence-electron chi connectivity index (χ4n) is 2.28. The minimum absolute atomic E-state index is 0.179. The van der Waals surface area contributed by atoms with Crippen molar-refractivity contribution in [3.63, 3.8) is 0 Å². The molecule has 1 aromatic carbocycles. The lowest BCUT2D eigenvalue weighted by Crippen LogP contribution is -2.36. The second kappa shape index (κ2) is 7.17. The number of rotatable bonds is 5. The van der Waals surface area contributed by atoms with Crippen LogP contribution in [0.3, 0.4) is 0 Å². The molecule has 1 heterocycles. The Morgan fingerprint density at radius 1 is 1.59 bits per heavy atom. The first kappa shape index (κ1) is 16.2. The van der Waals surface area contributed by atoms with Crippen LogP contribution in [0.1, 0.15) is 11.1 Å². The molecule has 8 heteroatoms. The van der Waals surface area contributed by atoms with Crippen molar-refractivity contribution < 1.29 is 14.2 Å². The standard InChI is InChI=1S/C14H20N4O3S/c1-16-14(22)18(2)5-4-9-6-11-13(21-8-20-11)12(19-3)10(9)7-17-15/h6-7H,4-5,8,15H2,1-3H3,(H,16,22)/b17-7-. The molecule has 22 heavy (non-hydrogen) atoms. The Balaban J connectivity index is 2.32. The lowest BCUT2D eigenvalue weighted by Gasteiger charge is -2.20. The molecule has 0 saturated heterocycles. The summed E-state index contributed by atoms with van der Waals surface area (Å²) in [5, 5.41) is 7.25. The van der Waals surface area contributed by atoms with E-state index in [0.717, 1.165) is 24.1 Å². The Morgan fingerprint density at radius 2 is 2.36 bits per heavy atom. The number of ether oxygens (including phenoxy) is 3. The largest absolute Gasteiger partial charge is 0.492 e. The zero-order chi connectivity index (χ0) is 16.1. The number of hydrogen-bond donors (Lipinski definition) is 2. The molecule has 0 amide bonds. The maximum atomic E-state index is 5.46. The van der Waals surface area contributed by atoms with E-state index in [2.05, 4.69) is 10.4 Å². The van der Waals surface area contributed by atoms with Gasteiger partial charge in [0.05, 0.1) is 13.3 Å². The Bertz CT molecular complexity index is 592. The van der Waals surface area contributed by atoms with Gasteiger partial charge in [0, 0.05) is 26.2 Å². The molecule has 0 atom stereocenters. The third-order valence-corrected chi connectivity index (χ3v) is 3.94. The zero-order valence-electron chi connectivity index (χ0n) is 12.9. The van der Waals surface area contributed by atoms with E-state index < -0.39 is 0 Å². The summed E-state index contributed by atoms with van der Waals surface area (Å²) in [7, 11) is 5.31. The van der Waals surface area contributed by atoms with Gasteiger partial charge in [0.2, 0.25) is 12.5 Å². The summed E-state index contributed by atoms with van der Waals surface area (Å²) >= 11 is 5.20. The van der Waals surface area contributed by atoms with Gasteiger partial charge in [-0.05, 0) is 30.3 Å². The molecule has 0 radical (unpaired) electrons. The molecule has 0 fully saturated rings. The predicted octanol–water partition coefficient (Wildman–Crippen LogP) is 0.695. The van der Waals surface area contributed by atoms with Crippen LogP contribution < -0.4 is 25.4 Å². The highest BCUT2D eigenvalue weighted by Crippen LogP contribution is 2.44. The van der Waals surface area contributed by atoms with E-state index in [0.29, 0.717) is 22.4 Å². The molecular formula is C14H20N4O3S. The molecule has 1 aromatic rings. The SMILES string of the molecule is CNC(=S)N(C)CCc1cc2c(c(OC)c1/C=N\N)OCO2. The third kappa shape index (κ3) is 3.16. The molecule has 0 aromatic heterocycles. The first-order chi connectivity index (χ1) is 10.6. The van der Waals surface area contributed by atoms with E-state index >= 15 is 0 Å². The topological polar surface area (TPSA) is 81.3 Å². The lowest BCUT2D eigenvalue weighted by molar-refractivity contribution is 0.171. The van der Waals surface area contributed by atoms with Crippen LogP contribution in [0.4, 0.5) is 0 Å². The number of likely N-dealkylation sites (N-methyl/N-ethyl adjacent to an activating group) is 1. The summed E-state index contributed by atoms with van der Waals surface area (Å²) in [5.74, 6) is 7.16. The maximum Gasteiger partial charge on any atom is 0.231 e. The van der Waals surface area contributed by atoms with E-state index in [1.165, 1.54) is 0 Å². The lowest BCUT2D eigenvalue weighted by atomic mass is 10.0. The van der Waals surface area contributed by atoms with Crippen LogP contribution in [0.5, 0.6) is 17.2 Å². The van der Waals surface area contributed by atoms with E-state index in [9.17, 15) is 0 Å². The van der Waals surface area contributed by atoms with Gasteiger partial charge in [-0.25, -0.2) is 0 Å². The normalized spacial score (nSPS) is 12.5. The zero-order valence-corrected chi connectivity index (χ0v) is 13.7. The number of thiocarbonyl (C=S) groups is 1. The molecule has 7 nitrogen and oxygen atoms in total. The maximum absolute atomic E-state index is 5.46. The molecule has 0 aliphatic carbocycles. The van der Waals surface area contributed by atoms with Crippen molar-refractivity contribution in [1.29, 1.82) is 0 Å². The van der Waals surface area contributed by atoms with E-state index in [1.807, 2.05) is 18.0 Å². The van der Waals surface area contributed by atoms with Gasteiger partial charge in [-0.15, -0.1) is 0 Å². The van der Waals surface area contributed by atoms with Gasteiger partial charge in [-0.2, -0.15) is 5.10 Å². The van der Waals surface area contributed by atoms with Crippen molar-refractivity contribution >= 4 is 23.5 Å². The molecule has 120 valence electrons. The van der Waals surface area contributed by atoms with Gasteiger partial charge in [-0.3, -0.25) is 0 Å². The quantitative estimate of drug-likeness (QED) is 0.357. The molecule has 0 unspecified atom stereocenters. The number of hydrazone groups is 1. The highest BCUT2D eigenvalue weighted by atomic mass is 32.1. The summed E-state index contributed by atoms with van der Waals surface area (Å²) in [6.45, 7) is 0.909. The van der Waals surface area contributed by atoms with Crippen molar-refractivity contribution in [3.8, 4) is 17.2 Å². The Hall–Kier alpha value is -2.22. The number of nitrogens with one attached hydrogen (secondary N) is 1. The molecule has 2 rings (SSSR count). The Kier molecular flexibility index (Phi) is 5.26. The number of nitrogens with two attached hydrogens (primary N) is 1. The molecule has 0 bridgehead atoms. The molecule has 3 N–H and O–H groups in total. The van der Waals surface area contributed by atoms with Crippen molar-refractivity contribution in [2.45, 2.75) is 6.42 Å². The molecule has 1 aliphatic heterocycles. The Labute approximate surface area is 135 Å². The van der Waals surface area contributed by atoms with Gasteiger partial charge in [-0.1, -0.05) is 0 Å². The van der Waals surface area contributed by atoms with E-state index in [-0.39, 0.29) is 6.79 Å². The van der Waals surface area contributed by atoms with Crippen molar-refractivity contribution in [1.82, 2.24) is 10.2 Å². The van der Waals surface area contributed by atoms with Gasteiger partial charge in [0.15, 0.2) is 16.6 Å². The summed E-state index contributed by atoms with van der Waals surface area (Å²) < 4.78 is 16.4. The van der Waals surface area contributed by atoms with Crippen LogP contribution in [0.2, 0.25) is 0 Å². The average molecular weight is 324 g/mol. The third-order valence-electron chi connectivity index (χ3n) is 3.43. The molecule has 0 saturated carbocycles. The minimum atomic E-state index is 0.179. The molecular weight excluding hydrogens is 304 g/mol. The average Bonchev–Trinajstić information content (AvgIpc) is 2.99. The van der Waals surface area contributed by atoms with Crippen LogP contribution in [0.15, 0.2) is 11.2 Å². The van der Waals surface area contributed by atoms with Crippen LogP contribution in [-0.4, -0.2) is 50.8 Å².